The van der Waals surface area contributed by atoms with E-state index < -0.39 is 20.5 Å². The molecule has 8 nitrogen and oxygen atoms in total. The SMILES string of the molecule is O=[N+]([O-])c1cnc(Oc2ccc(NS(=O)(=O)C(F)(F)F)cc2)s1. The summed E-state index contributed by atoms with van der Waals surface area (Å²) in [6, 6.07) is 4.45. The molecule has 0 spiro atoms. The summed E-state index contributed by atoms with van der Waals surface area (Å²) in [6.45, 7) is 0. The lowest BCUT2D eigenvalue weighted by Gasteiger charge is -2.10. The standard InChI is InChI=1S/C10H6F3N3O5S2/c11-10(12,13)23(19,20)15-6-1-3-7(4-2-6)21-9-14-5-8(22-9)16(17)18/h1-5,15H. The predicted molar refractivity (Wildman–Crippen MR) is 73.9 cm³/mol. The van der Waals surface area contributed by atoms with Crippen molar-refractivity contribution < 1.29 is 31.2 Å². The Morgan fingerprint density at radius 2 is 1.87 bits per heavy atom. The lowest BCUT2D eigenvalue weighted by atomic mass is 10.3. The van der Waals surface area contributed by atoms with E-state index in [0.29, 0.717) is 11.3 Å². The molecule has 0 radical (unpaired) electrons. The summed E-state index contributed by atoms with van der Waals surface area (Å²) >= 11 is 0.661. The van der Waals surface area contributed by atoms with Crippen molar-refractivity contribution in [2.45, 2.75) is 5.51 Å². The van der Waals surface area contributed by atoms with Crippen LogP contribution in [0.25, 0.3) is 0 Å². The van der Waals surface area contributed by atoms with Crippen molar-refractivity contribution in [3.8, 4) is 10.9 Å². The van der Waals surface area contributed by atoms with E-state index in [-0.39, 0.29) is 21.6 Å². The smallest absolute Gasteiger partial charge is 0.431 e. The third-order valence-corrected chi connectivity index (χ3v) is 4.21. The number of halogens is 3. The number of ether oxygens (including phenoxy) is 1. The van der Waals surface area contributed by atoms with Crippen molar-refractivity contribution >= 4 is 32.0 Å². The molecule has 1 heterocycles. The summed E-state index contributed by atoms with van der Waals surface area (Å²) in [5, 5.41) is 10.2. The molecule has 2 rings (SSSR count). The number of alkyl halides is 3. The molecular weight excluding hydrogens is 363 g/mol. The number of hydrogen-bond acceptors (Lipinski definition) is 7. The number of sulfonamides is 1. The zero-order chi connectivity index (χ0) is 17.3. The molecule has 13 heteroatoms. The number of thiazole rings is 1. The molecule has 2 aromatic rings. The maximum Gasteiger partial charge on any atom is 0.516 e. The first kappa shape index (κ1) is 17.0. The Morgan fingerprint density at radius 3 is 2.35 bits per heavy atom. The van der Waals surface area contributed by atoms with Crippen LogP contribution in [0.5, 0.6) is 10.9 Å². The molecular formula is C10H6F3N3O5S2. The van der Waals surface area contributed by atoms with Crippen LogP contribution in [0, 0.1) is 10.1 Å². The average molecular weight is 369 g/mol. The molecule has 0 bridgehead atoms. The van der Waals surface area contributed by atoms with Gasteiger partial charge in [0.2, 0.25) is 0 Å². The molecule has 1 aromatic carbocycles. The number of rotatable bonds is 5. The van der Waals surface area contributed by atoms with Crippen LogP contribution in [-0.4, -0.2) is 23.8 Å². The number of nitrogens with one attached hydrogen (secondary N) is 1. The predicted octanol–water partition coefficient (Wildman–Crippen LogP) is 3.11. The zero-order valence-corrected chi connectivity index (χ0v) is 12.4. The highest BCUT2D eigenvalue weighted by Crippen LogP contribution is 2.32. The number of hydrogen-bond donors (Lipinski definition) is 1. The van der Waals surface area contributed by atoms with Crippen molar-refractivity contribution in [3.63, 3.8) is 0 Å². The van der Waals surface area contributed by atoms with E-state index >= 15 is 0 Å². The first-order valence-electron chi connectivity index (χ1n) is 5.56. The van der Waals surface area contributed by atoms with E-state index in [1.54, 1.807) is 0 Å². The van der Waals surface area contributed by atoms with E-state index in [2.05, 4.69) is 4.98 Å². The van der Waals surface area contributed by atoms with Crippen molar-refractivity contribution in [2.75, 3.05) is 4.72 Å². The average Bonchev–Trinajstić information content (AvgIpc) is 2.88. The minimum atomic E-state index is -5.50. The van der Waals surface area contributed by atoms with Gasteiger partial charge in [0.25, 0.3) is 5.19 Å². The summed E-state index contributed by atoms with van der Waals surface area (Å²) in [5.41, 5.74) is -5.75. The van der Waals surface area contributed by atoms with Gasteiger partial charge >= 0.3 is 20.5 Å². The normalized spacial score (nSPS) is 12.0. The molecule has 0 fully saturated rings. The summed E-state index contributed by atoms with van der Waals surface area (Å²) < 4.78 is 65.0. The molecule has 1 aromatic heterocycles. The fourth-order valence-corrected chi connectivity index (χ4v) is 2.45. The Balaban J connectivity index is 2.09. The fraction of sp³-hybridized carbons (Fsp3) is 0.100. The Hall–Kier alpha value is -2.41. The maximum absolute atomic E-state index is 12.2. The first-order valence-corrected chi connectivity index (χ1v) is 7.86. The van der Waals surface area contributed by atoms with Crippen LogP contribution in [-0.2, 0) is 10.0 Å². The molecule has 0 aliphatic carbocycles. The van der Waals surface area contributed by atoms with Gasteiger partial charge in [0, 0.05) is 5.69 Å². The molecule has 0 aliphatic rings. The van der Waals surface area contributed by atoms with Crippen LogP contribution < -0.4 is 9.46 Å². The van der Waals surface area contributed by atoms with E-state index in [1.165, 1.54) is 16.9 Å². The van der Waals surface area contributed by atoms with Crippen LogP contribution in [0.2, 0.25) is 0 Å². The Labute approximate surface area is 130 Å². The first-order chi connectivity index (χ1) is 10.6. The van der Waals surface area contributed by atoms with Gasteiger partial charge in [-0.05, 0) is 35.6 Å². The van der Waals surface area contributed by atoms with Crippen molar-refractivity contribution in [1.82, 2.24) is 4.98 Å². The molecule has 0 aliphatic heterocycles. The van der Waals surface area contributed by atoms with E-state index in [9.17, 15) is 31.7 Å². The second kappa shape index (κ2) is 6.00. The molecule has 23 heavy (non-hydrogen) atoms. The van der Waals surface area contributed by atoms with Gasteiger partial charge in [-0.2, -0.15) is 21.6 Å². The minimum absolute atomic E-state index is 0.0414. The van der Waals surface area contributed by atoms with Crippen LogP contribution in [0.15, 0.2) is 30.5 Å². The zero-order valence-electron chi connectivity index (χ0n) is 10.8. The number of anilines is 1. The summed E-state index contributed by atoms with van der Waals surface area (Å²) in [6.07, 6.45) is 0.992. The quantitative estimate of drug-likeness (QED) is 0.640. The van der Waals surface area contributed by atoms with Gasteiger partial charge in [-0.3, -0.25) is 14.8 Å². The van der Waals surface area contributed by atoms with Crippen LogP contribution >= 0.6 is 11.3 Å². The van der Waals surface area contributed by atoms with Gasteiger partial charge in [0.15, 0.2) is 0 Å². The Morgan fingerprint density at radius 1 is 1.26 bits per heavy atom. The molecule has 0 saturated heterocycles. The van der Waals surface area contributed by atoms with Gasteiger partial charge in [0.1, 0.15) is 11.9 Å². The lowest BCUT2D eigenvalue weighted by Crippen LogP contribution is -2.29. The molecule has 0 amide bonds. The van der Waals surface area contributed by atoms with E-state index in [1.807, 2.05) is 0 Å². The molecule has 124 valence electrons. The topological polar surface area (TPSA) is 111 Å². The molecule has 0 atom stereocenters. The largest absolute Gasteiger partial charge is 0.516 e. The third kappa shape index (κ3) is 4.07. The van der Waals surface area contributed by atoms with Gasteiger partial charge in [-0.25, -0.2) is 4.98 Å². The molecule has 0 saturated carbocycles. The Bertz CT molecular complexity index is 817. The number of nitro groups is 1. The van der Waals surface area contributed by atoms with Gasteiger partial charge in [0.05, 0.1) is 4.92 Å². The molecule has 1 N–H and O–H groups in total. The maximum atomic E-state index is 12.2. The monoisotopic (exact) mass is 369 g/mol. The van der Waals surface area contributed by atoms with Gasteiger partial charge in [-0.1, -0.05) is 0 Å². The highest BCUT2D eigenvalue weighted by atomic mass is 32.2. The second-order valence-corrected chi connectivity index (χ2v) is 6.54. The summed E-state index contributed by atoms with van der Waals surface area (Å²) in [5.74, 6) is 0.115. The van der Waals surface area contributed by atoms with Crippen LogP contribution in [0.1, 0.15) is 0 Å². The van der Waals surface area contributed by atoms with Crippen molar-refractivity contribution in [2.24, 2.45) is 0 Å². The van der Waals surface area contributed by atoms with E-state index in [4.69, 9.17) is 4.74 Å². The minimum Gasteiger partial charge on any atom is -0.431 e. The molecule has 0 unspecified atom stereocenters. The number of benzene rings is 1. The van der Waals surface area contributed by atoms with Crippen molar-refractivity contribution in [3.05, 3.63) is 40.6 Å². The van der Waals surface area contributed by atoms with Gasteiger partial charge < -0.3 is 4.74 Å². The fourth-order valence-electron chi connectivity index (χ4n) is 1.29. The van der Waals surface area contributed by atoms with Gasteiger partial charge in [-0.15, -0.1) is 0 Å². The number of aromatic nitrogens is 1. The highest BCUT2D eigenvalue weighted by Gasteiger charge is 2.46. The van der Waals surface area contributed by atoms with Crippen LogP contribution in [0.4, 0.5) is 23.9 Å². The lowest BCUT2D eigenvalue weighted by molar-refractivity contribution is -0.380. The van der Waals surface area contributed by atoms with E-state index in [0.717, 1.165) is 18.3 Å². The third-order valence-electron chi connectivity index (χ3n) is 2.27. The second-order valence-electron chi connectivity index (χ2n) is 3.90. The highest BCUT2D eigenvalue weighted by molar-refractivity contribution is 7.93. The Kier molecular flexibility index (Phi) is 4.42. The summed E-state index contributed by atoms with van der Waals surface area (Å²) in [7, 11) is -5.50. The van der Waals surface area contributed by atoms with Crippen molar-refractivity contribution in [1.29, 1.82) is 0 Å². The number of nitrogens with zero attached hydrogens (tertiary/aromatic N) is 2. The van der Waals surface area contributed by atoms with Crippen LogP contribution in [0.3, 0.4) is 0 Å². The summed E-state index contributed by atoms with van der Waals surface area (Å²) in [4.78, 5) is 13.5.